The van der Waals surface area contributed by atoms with Crippen LogP contribution in [0, 0.1) is 5.92 Å². The number of hydrogen-bond acceptors (Lipinski definition) is 3. The molecule has 0 radical (unpaired) electrons. The van der Waals surface area contributed by atoms with Crippen LogP contribution < -0.4 is 5.73 Å². The fourth-order valence-corrected chi connectivity index (χ4v) is 3.19. The van der Waals surface area contributed by atoms with Crippen LogP contribution >= 0.6 is 0 Å². The molecule has 1 aliphatic rings. The molecule has 1 saturated carbocycles. The minimum Gasteiger partial charge on any atom is -0.383 e. The Bertz CT molecular complexity index is 568. The second kappa shape index (κ2) is 5.65. The van der Waals surface area contributed by atoms with Gasteiger partial charge in [-0.1, -0.05) is 38.2 Å². The Morgan fingerprint density at radius 1 is 1.25 bits per heavy atom. The standard InChI is InChI=1S/C16H22N4/c1-20-16(17)15(13-9-5-6-10-18-13)14(19-20)11-12-7-3-2-4-8-12/h5-6,9-10,12H,2-4,7-8,11,17H2,1H3. The highest BCUT2D eigenvalue weighted by Gasteiger charge is 2.21. The average molecular weight is 270 g/mol. The molecule has 2 heterocycles. The molecule has 0 atom stereocenters. The summed E-state index contributed by atoms with van der Waals surface area (Å²) in [4.78, 5) is 4.44. The topological polar surface area (TPSA) is 56.7 Å². The van der Waals surface area contributed by atoms with E-state index < -0.39 is 0 Å². The summed E-state index contributed by atoms with van der Waals surface area (Å²) in [6, 6.07) is 5.94. The predicted octanol–water partition coefficient (Wildman–Crippen LogP) is 3.19. The molecule has 0 amide bonds. The monoisotopic (exact) mass is 270 g/mol. The van der Waals surface area contributed by atoms with Crippen molar-refractivity contribution in [3.63, 3.8) is 0 Å². The largest absolute Gasteiger partial charge is 0.383 e. The van der Waals surface area contributed by atoms with Crippen LogP contribution in [0.1, 0.15) is 37.8 Å². The zero-order valence-electron chi connectivity index (χ0n) is 12.0. The molecule has 2 aromatic heterocycles. The van der Waals surface area contributed by atoms with Gasteiger partial charge in [0, 0.05) is 13.2 Å². The Morgan fingerprint density at radius 3 is 2.75 bits per heavy atom. The molecule has 0 bridgehead atoms. The zero-order valence-corrected chi connectivity index (χ0v) is 12.0. The molecule has 2 N–H and O–H groups in total. The van der Waals surface area contributed by atoms with Gasteiger partial charge in [-0.25, -0.2) is 0 Å². The van der Waals surface area contributed by atoms with E-state index in [0.717, 1.165) is 35.1 Å². The van der Waals surface area contributed by atoms with Crippen LogP contribution in [0.25, 0.3) is 11.3 Å². The molecule has 0 aliphatic heterocycles. The van der Waals surface area contributed by atoms with Gasteiger partial charge in [0.15, 0.2) is 0 Å². The highest BCUT2D eigenvalue weighted by molar-refractivity contribution is 5.73. The van der Waals surface area contributed by atoms with E-state index in [9.17, 15) is 0 Å². The number of nitrogens with zero attached hydrogens (tertiary/aromatic N) is 3. The van der Waals surface area contributed by atoms with Crippen LogP contribution in [0.3, 0.4) is 0 Å². The molecule has 2 aromatic rings. The number of aromatic nitrogens is 3. The van der Waals surface area contributed by atoms with Gasteiger partial charge in [-0.05, 0) is 24.5 Å². The third-order valence-electron chi connectivity index (χ3n) is 4.29. The first-order valence-corrected chi connectivity index (χ1v) is 7.48. The Hall–Kier alpha value is -1.84. The van der Waals surface area contributed by atoms with E-state index in [2.05, 4.69) is 10.1 Å². The Kier molecular flexibility index (Phi) is 3.72. The number of pyridine rings is 1. The van der Waals surface area contributed by atoms with Gasteiger partial charge in [0.05, 0.1) is 17.0 Å². The van der Waals surface area contributed by atoms with Crippen molar-refractivity contribution in [3.8, 4) is 11.3 Å². The maximum Gasteiger partial charge on any atom is 0.131 e. The number of nitrogens with two attached hydrogens (primary N) is 1. The molecule has 0 unspecified atom stereocenters. The molecular formula is C16H22N4. The summed E-state index contributed by atoms with van der Waals surface area (Å²) in [5, 5.41) is 4.63. The minimum absolute atomic E-state index is 0.717. The molecule has 1 fully saturated rings. The lowest BCUT2D eigenvalue weighted by Gasteiger charge is -2.20. The Balaban J connectivity index is 1.92. The summed E-state index contributed by atoms with van der Waals surface area (Å²) in [5.74, 6) is 1.47. The van der Waals surface area contributed by atoms with Crippen molar-refractivity contribution < 1.29 is 0 Å². The summed E-state index contributed by atoms with van der Waals surface area (Å²) in [7, 11) is 1.91. The van der Waals surface area contributed by atoms with Crippen molar-refractivity contribution in [2.75, 3.05) is 5.73 Å². The number of nitrogen functional groups attached to an aromatic ring is 1. The summed E-state index contributed by atoms with van der Waals surface area (Å²) in [5.41, 5.74) is 9.27. The van der Waals surface area contributed by atoms with E-state index in [-0.39, 0.29) is 0 Å². The van der Waals surface area contributed by atoms with Gasteiger partial charge in [0.1, 0.15) is 5.82 Å². The van der Waals surface area contributed by atoms with Gasteiger partial charge < -0.3 is 5.73 Å². The maximum atomic E-state index is 6.20. The second-order valence-corrected chi connectivity index (χ2v) is 5.75. The molecule has 20 heavy (non-hydrogen) atoms. The number of anilines is 1. The molecule has 4 heteroatoms. The molecule has 1 aliphatic carbocycles. The smallest absolute Gasteiger partial charge is 0.131 e. The summed E-state index contributed by atoms with van der Waals surface area (Å²) < 4.78 is 1.78. The van der Waals surface area contributed by atoms with Crippen molar-refractivity contribution in [3.05, 3.63) is 30.1 Å². The Morgan fingerprint density at radius 2 is 2.05 bits per heavy atom. The minimum atomic E-state index is 0.717. The lowest BCUT2D eigenvalue weighted by atomic mass is 9.85. The van der Waals surface area contributed by atoms with Gasteiger partial charge in [-0.15, -0.1) is 0 Å². The van der Waals surface area contributed by atoms with Crippen molar-refractivity contribution in [1.29, 1.82) is 0 Å². The highest BCUT2D eigenvalue weighted by atomic mass is 15.3. The number of hydrogen-bond donors (Lipinski definition) is 1. The van der Waals surface area contributed by atoms with Gasteiger partial charge in [0.25, 0.3) is 0 Å². The second-order valence-electron chi connectivity index (χ2n) is 5.75. The highest BCUT2D eigenvalue weighted by Crippen LogP contribution is 2.33. The maximum absolute atomic E-state index is 6.20. The van der Waals surface area contributed by atoms with Gasteiger partial charge >= 0.3 is 0 Å². The summed E-state index contributed by atoms with van der Waals surface area (Å²) in [6.45, 7) is 0. The summed E-state index contributed by atoms with van der Waals surface area (Å²) in [6.07, 6.45) is 9.56. The van der Waals surface area contributed by atoms with Crippen molar-refractivity contribution in [1.82, 2.24) is 14.8 Å². The first-order chi connectivity index (χ1) is 9.75. The van der Waals surface area contributed by atoms with Gasteiger partial charge in [-0.3, -0.25) is 9.67 Å². The van der Waals surface area contributed by atoms with Gasteiger partial charge in [0.2, 0.25) is 0 Å². The van der Waals surface area contributed by atoms with Crippen LogP contribution in [0.2, 0.25) is 0 Å². The van der Waals surface area contributed by atoms with Crippen LogP contribution in [-0.4, -0.2) is 14.8 Å². The first-order valence-electron chi connectivity index (χ1n) is 7.48. The Labute approximate surface area is 120 Å². The quantitative estimate of drug-likeness (QED) is 0.932. The fourth-order valence-electron chi connectivity index (χ4n) is 3.19. The zero-order chi connectivity index (χ0) is 13.9. The predicted molar refractivity (Wildman–Crippen MR) is 81.1 cm³/mol. The normalized spacial score (nSPS) is 16.4. The SMILES string of the molecule is Cn1nc(CC2CCCCC2)c(-c2ccccn2)c1N. The van der Waals surface area contributed by atoms with Crippen molar-refractivity contribution >= 4 is 5.82 Å². The van der Waals surface area contributed by atoms with E-state index in [1.807, 2.05) is 31.4 Å². The average Bonchev–Trinajstić information content (AvgIpc) is 2.76. The van der Waals surface area contributed by atoms with E-state index in [4.69, 9.17) is 5.73 Å². The molecule has 4 nitrogen and oxygen atoms in total. The van der Waals surface area contributed by atoms with Crippen molar-refractivity contribution in [2.45, 2.75) is 38.5 Å². The van der Waals surface area contributed by atoms with E-state index in [1.54, 1.807) is 4.68 Å². The third kappa shape index (κ3) is 2.55. The summed E-state index contributed by atoms with van der Waals surface area (Å²) >= 11 is 0. The molecule has 0 aromatic carbocycles. The molecule has 3 rings (SSSR count). The first kappa shape index (κ1) is 13.2. The number of rotatable bonds is 3. The van der Waals surface area contributed by atoms with E-state index >= 15 is 0 Å². The van der Waals surface area contributed by atoms with E-state index in [1.165, 1.54) is 32.1 Å². The molecule has 0 saturated heterocycles. The molecular weight excluding hydrogens is 248 g/mol. The van der Waals surface area contributed by atoms with Crippen molar-refractivity contribution in [2.24, 2.45) is 13.0 Å². The van der Waals surface area contributed by atoms with Crippen LogP contribution in [0.4, 0.5) is 5.82 Å². The van der Waals surface area contributed by atoms with Gasteiger partial charge in [-0.2, -0.15) is 5.10 Å². The lowest BCUT2D eigenvalue weighted by molar-refractivity contribution is 0.354. The number of aryl methyl sites for hydroxylation is 1. The molecule has 106 valence electrons. The van der Waals surface area contributed by atoms with Crippen LogP contribution in [0.15, 0.2) is 24.4 Å². The molecule has 0 spiro atoms. The van der Waals surface area contributed by atoms with E-state index in [0.29, 0.717) is 0 Å². The van der Waals surface area contributed by atoms with Crippen LogP contribution in [0.5, 0.6) is 0 Å². The lowest BCUT2D eigenvalue weighted by Crippen LogP contribution is -2.10. The third-order valence-corrected chi connectivity index (χ3v) is 4.29. The van der Waals surface area contributed by atoms with Crippen LogP contribution in [-0.2, 0) is 13.5 Å². The fraction of sp³-hybridized carbons (Fsp3) is 0.500.